The van der Waals surface area contributed by atoms with Crippen molar-refractivity contribution < 1.29 is 4.79 Å². The maximum Gasteiger partial charge on any atom is 0.244 e. The average molecular weight is 321 g/mol. The molecule has 0 aliphatic rings. The number of benzene rings is 2. The molecule has 3 aromatic rings. The Morgan fingerprint density at radius 3 is 2.58 bits per heavy atom. The molecule has 1 aromatic heterocycles. The molecule has 0 radical (unpaired) electrons. The van der Waals surface area contributed by atoms with E-state index in [2.05, 4.69) is 43.2 Å². The van der Waals surface area contributed by atoms with E-state index in [9.17, 15) is 4.79 Å². The molecule has 0 fully saturated rings. The molecule has 0 bridgehead atoms. The first-order valence-electron chi connectivity index (χ1n) is 8.31. The minimum atomic E-state index is -0.0310. The number of carbonyl (C=O) groups excluding carboxylic acids is 1. The summed E-state index contributed by atoms with van der Waals surface area (Å²) in [4.78, 5) is 17.1. The number of fused-ring (bicyclic) bond motifs is 1. The number of nitrogens with zero attached hydrogens (tertiary/aromatic N) is 2. The van der Waals surface area contributed by atoms with Crippen LogP contribution in [0.3, 0.4) is 0 Å². The number of nitrogens with one attached hydrogen (secondary N) is 1. The van der Waals surface area contributed by atoms with Crippen LogP contribution in [0, 0.1) is 20.8 Å². The van der Waals surface area contributed by atoms with Gasteiger partial charge in [-0.1, -0.05) is 25.1 Å². The zero-order chi connectivity index (χ0) is 17.3. The highest BCUT2D eigenvalue weighted by Gasteiger charge is 2.13. The van der Waals surface area contributed by atoms with Gasteiger partial charge >= 0.3 is 0 Å². The van der Waals surface area contributed by atoms with Crippen molar-refractivity contribution in [1.82, 2.24) is 9.55 Å². The topological polar surface area (TPSA) is 46.9 Å². The third-order valence-electron chi connectivity index (χ3n) is 4.53. The zero-order valence-corrected chi connectivity index (χ0v) is 14.7. The number of para-hydroxylation sites is 1. The molecule has 1 N–H and O–H groups in total. The van der Waals surface area contributed by atoms with Gasteiger partial charge in [0.05, 0.1) is 11.0 Å². The third kappa shape index (κ3) is 3.04. The standard InChI is InChI=1S/C20H23N3O/c1-5-16-8-6-7-9-17(16)22-20(24)12-23-15(4)21-18-10-13(2)14(3)11-19(18)23/h6-11H,5,12H2,1-4H3,(H,22,24). The lowest BCUT2D eigenvalue weighted by Gasteiger charge is -2.11. The smallest absolute Gasteiger partial charge is 0.244 e. The molecule has 0 atom stereocenters. The van der Waals surface area contributed by atoms with Crippen LogP contribution in [0.5, 0.6) is 0 Å². The third-order valence-corrected chi connectivity index (χ3v) is 4.53. The molecule has 3 rings (SSSR count). The maximum atomic E-state index is 12.5. The Morgan fingerprint density at radius 1 is 1.12 bits per heavy atom. The van der Waals surface area contributed by atoms with E-state index >= 15 is 0 Å². The summed E-state index contributed by atoms with van der Waals surface area (Å²) < 4.78 is 1.98. The Bertz CT molecular complexity index is 909. The largest absolute Gasteiger partial charge is 0.324 e. The van der Waals surface area contributed by atoms with Crippen LogP contribution in [-0.2, 0) is 17.8 Å². The summed E-state index contributed by atoms with van der Waals surface area (Å²) in [6, 6.07) is 12.1. The second-order valence-electron chi connectivity index (χ2n) is 6.23. The second kappa shape index (κ2) is 6.48. The van der Waals surface area contributed by atoms with Crippen LogP contribution in [0.4, 0.5) is 5.69 Å². The van der Waals surface area contributed by atoms with Crippen LogP contribution in [0.25, 0.3) is 11.0 Å². The molecule has 1 heterocycles. The highest BCUT2D eigenvalue weighted by molar-refractivity contribution is 5.92. The van der Waals surface area contributed by atoms with E-state index in [-0.39, 0.29) is 12.5 Å². The number of aryl methyl sites for hydroxylation is 4. The minimum Gasteiger partial charge on any atom is -0.324 e. The second-order valence-corrected chi connectivity index (χ2v) is 6.23. The van der Waals surface area contributed by atoms with Crippen molar-refractivity contribution in [1.29, 1.82) is 0 Å². The molecular weight excluding hydrogens is 298 g/mol. The van der Waals surface area contributed by atoms with Gasteiger partial charge in [-0.05, 0) is 62.1 Å². The lowest BCUT2D eigenvalue weighted by Crippen LogP contribution is -2.20. The van der Waals surface area contributed by atoms with E-state index in [1.165, 1.54) is 11.1 Å². The van der Waals surface area contributed by atoms with Crippen LogP contribution in [0.2, 0.25) is 0 Å². The van der Waals surface area contributed by atoms with Crippen LogP contribution in [-0.4, -0.2) is 15.5 Å². The molecule has 1 amide bonds. The van der Waals surface area contributed by atoms with Crippen molar-refractivity contribution >= 4 is 22.6 Å². The first-order valence-corrected chi connectivity index (χ1v) is 8.31. The summed E-state index contributed by atoms with van der Waals surface area (Å²) in [7, 11) is 0. The van der Waals surface area contributed by atoms with E-state index in [0.717, 1.165) is 34.5 Å². The van der Waals surface area contributed by atoms with Gasteiger partial charge in [0.2, 0.25) is 5.91 Å². The monoisotopic (exact) mass is 321 g/mol. The summed E-state index contributed by atoms with van der Waals surface area (Å²) in [6.45, 7) is 8.46. The van der Waals surface area contributed by atoms with E-state index in [1.807, 2.05) is 35.8 Å². The van der Waals surface area contributed by atoms with Crippen molar-refractivity contribution in [2.75, 3.05) is 5.32 Å². The highest BCUT2D eigenvalue weighted by Crippen LogP contribution is 2.21. The van der Waals surface area contributed by atoms with Gasteiger partial charge in [-0.3, -0.25) is 4.79 Å². The Morgan fingerprint density at radius 2 is 1.83 bits per heavy atom. The number of carbonyl (C=O) groups is 1. The Hall–Kier alpha value is -2.62. The Kier molecular flexibility index (Phi) is 4.38. The van der Waals surface area contributed by atoms with Crippen molar-refractivity contribution in [2.24, 2.45) is 0 Å². The quantitative estimate of drug-likeness (QED) is 0.784. The van der Waals surface area contributed by atoms with Crippen LogP contribution in [0.15, 0.2) is 36.4 Å². The van der Waals surface area contributed by atoms with Gasteiger partial charge in [-0.15, -0.1) is 0 Å². The lowest BCUT2D eigenvalue weighted by atomic mass is 10.1. The molecule has 0 unspecified atom stereocenters. The predicted molar refractivity (Wildman–Crippen MR) is 98.4 cm³/mol. The van der Waals surface area contributed by atoms with Crippen molar-refractivity contribution in [3.05, 3.63) is 58.9 Å². The summed E-state index contributed by atoms with van der Waals surface area (Å²) in [5.41, 5.74) is 6.41. The van der Waals surface area contributed by atoms with Gasteiger partial charge < -0.3 is 9.88 Å². The summed E-state index contributed by atoms with van der Waals surface area (Å²) in [5, 5.41) is 3.03. The molecule has 0 spiro atoms. The highest BCUT2D eigenvalue weighted by atomic mass is 16.1. The maximum absolute atomic E-state index is 12.5. The average Bonchev–Trinajstić information content (AvgIpc) is 2.84. The molecule has 4 heteroatoms. The SMILES string of the molecule is CCc1ccccc1NC(=O)Cn1c(C)nc2cc(C)c(C)cc21. The van der Waals surface area contributed by atoms with E-state index in [0.29, 0.717) is 0 Å². The molecule has 4 nitrogen and oxygen atoms in total. The number of aromatic nitrogens is 2. The molecule has 2 aromatic carbocycles. The Labute approximate surface area is 142 Å². The van der Waals surface area contributed by atoms with Crippen molar-refractivity contribution in [3.8, 4) is 0 Å². The fourth-order valence-electron chi connectivity index (χ4n) is 2.98. The molecule has 0 saturated carbocycles. The van der Waals surface area contributed by atoms with Gasteiger partial charge in [0, 0.05) is 5.69 Å². The summed E-state index contributed by atoms with van der Waals surface area (Å²) in [5.74, 6) is 0.824. The normalized spacial score (nSPS) is 11.0. The fraction of sp³-hybridized carbons (Fsp3) is 0.300. The Balaban J connectivity index is 1.88. The summed E-state index contributed by atoms with van der Waals surface area (Å²) >= 11 is 0. The van der Waals surface area contributed by atoms with Gasteiger partial charge in [-0.25, -0.2) is 4.98 Å². The molecule has 0 aliphatic heterocycles. The van der Waals surface area contributed by atoms with Crippen molar-refractivity contribution in [2.45, 2.75) is 40.7 Å². The zero-order valence-electron chi connectivity index (χ0n) is 14.7. The number of hydrogen-bond acceptors (Lipinski definition) is 2. The summed E-state index contributed by atoms with van der Waals surface area (Å²) in [6.07, 6.45) is 0.891. The number of imidazole rings is 1. The lowest BCUT2D eigenvalue weighted by molar-refractivity contribution is -0.116. The van der Waals surface area contributed by atoms with E-state index in [4.69, 9.17) is 0 Å². The number of anilines is 1. The molecule has 0 aliphatic carbocycles. The molecular formula is C20H23N3O. The number of rotatable bonds is 4. The van der Waals surface area contributed by atoms with E-state index < -0.39 is 0 Å². The van der Waals surface area contributed by atoms with Crippen LogP contribution >= 0.6 is 0 Å². The van der Waals surface area contributed by atoms with Crippen LogP contribution < -0.4 is 5.32 Å². The number of amides is 1. The predicted octanol–water partition coefficient (Wildman–Crippen LogP) is 4.16. The molecule has 124 valence electrons. The molecule has 24 heavy (non-hydrogen) atoms. The fourth-order valence-corrected chi connectivity index (χ4v) is 2.98. The first-order chi connectivity index (χ1) is 11.5. The first kappa shape index (κ1) is 16.2. The van der Waals surface area contributed by atoms with Gasteiger partial charge in [0.1, 0.15) is 12.4 Å². The van der Waals surface area contributed by atoms with E-state index in [1.54, 1.807) is 0 Å². The minimum absolute atomic E-state index is 0.0310. The van der Waals surface area contributed by atoms with Crippen molar-refractivity contribution in [3.63, 3.8) is 0 Å². The molecule has 0 saturated heterocycles. The number of hydrogen-bond donors (Lipinski definition) is 1. The van der Waals surface area contributed by atoms with Crippen LogP contribution in [0.1, 0.15) is 29.4 Å². The van der Waals surface area contributed by atoms with Gasteiger partial charge in [-0.2, -0.15) is 0 Å². The van der Waals surface area contributed by atoms with Gasteiger partial charge in [0.15, 0.2) is 0 Å². The van der Waals surface area contributed by atoms with Gasteiger partial charge in [0.25, 0.3) is 0 Å².